The monoisotopic (exact) mass is 550 g/mol. The van der Waals surface area contributed by atoms with Crippen molar-refractivity contribution in [1.82, 2.24) is 10.6 Å². The van der Waals surface area contributed by atoms with Gasteiger partial charge in [0.25, 0.3) is 11.8 Å². The lowest BCUT2D eigenvalue weighted by molar-refractivity contribution is -0.116. The zero-order chi connectivity index (χ0) is 25.1. The van der Waals surface area contributed by atoms with Gasteiger partial charge in [0, 0.05) is 10.0 Å². The summed E-state index contributed by atoms with van der Waals surface area (Å²) < 4.78 is 0. The van der Waals surface area contributed by atoms with E-state index in [-0.39, 0.29) is 11.8 Å². The average molecular weight is 551 g/mol. The first kappa shape index (κ1) is 24.4. The van der Waals surface area contributed by atoms with Crippen LogP contribution in [0.25, 0.3) is 12.2 Å². The topological polar surface area (TPSA) is 82.9 Å². The van der Waals surface area contributed by atoms with Gasteiger partial charge in [0.1, 0.15) is 0 Å². The minimum atomic E-state index is -0.238. The number of rotatable bonds is 4. The first-order valence-corrected chi connectivity index (χ1v) is 13.0. The maximum atomic E-state index is 12.4. The quantitative estimate of drug-likeness (QED) is 0.351. The number of aliphatic imine (C=N–C) groups is 2. The van der Waals surface area contributed by atoms with Gasteiger partial charge in [-0.2, -0.15) is 0 Å². The van der Waals surface area contributed by atoms with Gasteiger partial charge in [0.05, 0.1) is 21.2 Å². The van der Waals surface area contributed by atoms with E-state index in [9.17, 15) is 9.59 Å². The Bertz CT molecular complexity index is 1410. The highest BCUT2D eigenvalue weighted by atomic mass is 35.5. The van der Waals surface area contributed by atoms with Gasteiger partial charge in [-0.3, -0.25) is 9.59 Å². The molecule has 0 bridgehead atoms. The predicted molar refractivity (Wildman–Crippen MR) is 151 cm³/mol. The van der Waals surface area contributed by atoms with Crippen LogP contribution in [0.4, 0.5) is 11.4 Å². The van der Waals surface area contributed by atoms with Gasteiger partial charge in [0.2, 0.25) is 0 Å². The number of nitrogens with one attached hydrogen (secondary N) is 2. The summed E-state index contributed by atoms with van der Waals surface area (Å²) in [6.45, 7) is 0. The molecule has 10 heteroatoms. The molecule has 2 aliphatic heterocycles. The van der Waals surface area contributed by atoms with Crippen molar-refractivity contribution >= 4 is 92.4 Å². The SMILES string of the molecule is O=C1NC(=Nc2cccc(N=C3NC(=O)C(=Cc4ccccc4Cl)S3)c2)SC1=Cc1ccccc1Cl. The van der Waals surface area contributed by atoms with Crippen LogP contribution in [-0.4, -0.2) is 22.1 Å². The van der Waals surface area contributed by atoms with E-state index in [1.165, 1.54) is 23.5 Å². The molecule has 0 radical (unpaired) electrons. The Balaban J connectivity index is 1.33. The van der Waals surface area contributed by atoms with Gasteiger partial charge in [-0.05, 0) is 77.1 Å². The second-order valence-corrected chi connectivity index (χ2v) is 10.4. The molecule has 0 unspecified atom stereocenters. The summed E-state index contributed by atoms with van der Waals surface area (Å²) in [7, 11) is 0. The second kappa shape index (κ2) is 10.8. The number of hydrogen-bond donors (Lipinski definition) is 2. The van der Waals surface area contributed by atoms with E-state index in [4.69, 9.17) is 23.2 Å². The standard InChI is InChI=1S/C26H16Cl2N4O2S2/c27-19-10-3-1-6-15(19)12-21-23(33)31-25(35-21)29-17-8-5-9-18(14-17)30-26-32-24(34)22(36-26)13-16-7-2-4-11-20(16)28/h1-14H,(H,29,31,33)(H,30,32,34). The Morgan fingerprint density at radius 1 is 0.639 bits per heavy atom. The van der Waals surface area contributed by atoms with Crippen molar-refractivity contribution in [3.05, 3.63) is 104 Å². The maximum absolute atomic E-state index is 12.4. The highest BCUT2D eigenvalue weighted by molar-refractivity contribution is 8.19. The zero-order valence-electron chi connectivity index (χ0n) is 18.4. The number of carbonyl (C=O) groups is 2. The molecular weight excluding hydrogens is 535 g/mol. The summed E-state index contributed by atoms with van der Waals surface area (Å²) in [6, 6.07) is 21.8. The second-order valence-electron chi connectivity index (χ2n) is 7.53. The van der Waals surface area contributed by atoms with E-state index >= 15 is 0 Å². The summed E-state index contributed by atoms with van der Waals surface area (Å²) in [4.78, 5) is 34.9. The van der Waals surface area contributed by atoms with E-state index in [0.29, 0.717) is 41.6 Å². The third-order valence-electron chi connectivity index (χ3n) is 4.98. The molecule has 5 rings (SSSR count). The number of hydrogen-bond acceptors (Lipinski definition) is 6. The molecule has 2 heterocycles. The predicted octanol–water partition coefficient (Wildman–Crippen LogP) is 6.78. The van der Waals surface area contributed by atoms with Crippen molar-refractivity contribution < 1.29 is 9.59 Å². The van der Waals surface area contributed by atoms with Gasteiger partial charge in [-0.15, -0.1) is 0 Å². The number of carbonyl (C=O) groups excluding carboxylic acids is 2. The largest absolute Gasteiger partial charge is 0.300 e. The molecule has 36 heavy (non-hydrogen) atoms. The fraction of sp³-hybridized carbons (Fsp3) is 0. The van der Waals surface area contributed by atoms with E-state index < -0.39 is 0 Å². The van der Waals surface area contributed by atoms with Gasteiger partial charge >= 0.3 is 0 Å². The fourth-order valence-electron chi connectivity index (χ4n) is 3.29. The summed E-state index contributed by atoms with van der Waals surface area (Å²) in [5.41, 5.74) is 2.74. The molecule has 0 aliphatic carbocycles. The number of amides is 2. The number of thioether (sulfide) groups is 2. The molecule has 6 nitrogen and oxygen atoms in total. The number of benzene rings is 3. The van der Waals surface area contributed by atoms with Gasteiger partial charge in [-0.1, -0.05) is 65.7 Å². The van der Waals surface area contributed by atoms with Crippen LogP contribution in [0.15, 0.2) is 92.6 Å². The van der Waals surface area contributed by atoms with Crippen LogP contribution in [-0.2, 0) is 9.59 Å². The van der Waals surface area contributed by atoms with E-state index in [1.54, 1.807) is 30.4 Å². The molecule has 0 spiro atoms. The Hall–Kier alpha value is -3.30. The highest BCUT2D eigenvalue weighted by Crippen LogP contribution is 2.32. The van der Waals surface area contributed by atoms with Crippen LogP contribution >= 0.6 is 46.7 Å². The van der Waals surface area contributed by atoms with Crippen LogP contribution in [0.5, 0.6) is 0 Å². The Morgan fingerprint density at radius 3 is 1.53 bits per heavy atom. The van der Waals surface area contributed by atoms with Crippen molar-refractivity contribution in [3.63, 3.8) is 0 Å². The van der Waals surface area contributed by atoms with Gasteiger partial charge in [0.15, 0.2) is 10.3 Å². The van der Waals surface area contributed by atoms with Crippen molar-refractivity contribution in [2.24, 2.45) is 9.98 Å². The molecule has 2 N–H and O–H groups in total. The Kier molecular flexibility index (Phi) is 7.29. The summed E-state index contributed by atoms with van der Waals surface area (Å²) in [6.07, 6.45) is 3.47. The molecule has 0 saturated carbocycles. The first-order chi connectivity index (χ1) is 17.4. The smallest absolute Gasteiger partial charge is 0.264 e. The number of nitrogens with zero attached hydrogens (tertiary/aromatic N) is 2. The highest BCUT2D eigenvalue weighted by Gasteiger charge is 2.25. The maximum Gasteiger partial charge on any atom is 0.264 e. The summed E-state index contributed by atoms with van der Waals surface area (Å²) in [5.74, 6) is -0.476. The lowest BCUT2D eigenvalue weighted by Crippen LogP contribution is -2.19. The molecule has 2 saturated heterocycles. The molecule has 0 atom stereocenters. The summed E-state index contributed by atoms with van der Waals surface area (Å²) in [5, 5.41) is 7.59. The molecular formula is C26H16Cl2N4O2S2. The van der Waals surface area contributed by atoms with Gasteiger partial charge in [-0.25, -0.2) is 9.98 Å². The van der Waals surface area contributed by atoms with E-state index in [0.717, 1.165) is 11.1 Å². The molecule has 3 aromatic rings. The third-order valence-corrected chi connectivity index (χ3v) is 7.48. The number of amidine groups is 2. The normalized spacial score (nSPS) is 19.9. The first-order valence-electron chi connectivity index (χ1n) is 10.6. The molecule has 0 aromatic heterocycles. The molecule has 2 aliphatic rings. The lowest BCUT2D eigenvalue weighted by atomic mass is 10.2. The van der Waals surface area contributed by atoms with Crippen LogP contribution in [0.3, 0.4) is 0 Å². The van der Waals surface area contributed by atoms with Crippen molar-refractivity contribution in [3.8, 4) is 0 Å². The average Bonchev–Trinajstić information content (AvgIpc) is 3.37. The third kappa shape index (κ3) is 5.74. The van der Waals surface area contributed by atoms with E-state index in [1.807, 2.05) is 54.6 Å². The molecule has 2 amide bonds. The molecule has 178 valence electrons. The van der Waals surface area contributed by atoms with Crippen LogP contribution in [0, 0.1) is 0 Å². The van der Waals surface area contributed by atoms with Crippen molar-refractivity contribution in [2.75, 3.05) is 0 Å². The fourth-order valence-corrected chi connectivity index (χ4v) is 5.34. The molecule has 3 aromatic carbocycles. The Morgan fingerprint density at radius 2 is 1.08 bits per heavy atom. The van der Waals surface area contributed by atoms with Crippen LogP contribution in [0.2, 0.25) is 10.0 Å². The summed E-state index contributed by atoms with van der Waals surface area (Å²) >= 11 is 14.9. The van der Waals surface area contributed by atoms with Crippen molar-refractivity contribution in [1.29, 1.82) is 0 Å². The zero-order valence-corrected chi connectivity index (χ0v) is 21.5. The minimum absolute atomic E-state index is 0.238. The molecule has 2 fully saturated rings. The van der Waals surface area contributed by atoms with Crippen LogP contribution in [0.1, 0.15) is 11.1 Å². The lowest BCUT2D eigenvalue weighted by Gasteiger charge is -2.00. The van der Waals surface area contributed by atoms with Crippen molar-refractivity contribution in [2.45, 2.75) is 0 Å². The van der Waals surface area contributed by atoms with E-state index in [2.05, 4.69) is 20.6 Å². The van der Waals surface area contributed by atoms with Crippen LogP contribution < -0.4 is 10.6 Å². The van der Waals surface area contributed by atoms with Gasteiger partial charge < -0.3 is 10.6 Å². The number of halogens is 2. The minimum Gasteiger partial charge on any atom is -0.300 e. The Labute approximate surface area is 225 Å².